The topological polar surface area (TPSA) is 36.4 Å². The van der Waals surface area contributed by atoms with E-state index >= 15 is 0 Å². The molecule has 124 valence electrons. The van der Waals surface area contributed by atoms with Crippen LogP contribution in [0.25, 0.3) is 5.53 Å². The zero-order chi connectivity index (χ0) is 40.9. The molecule has 2 heteroatoms. The highest BCUT2D eigenvalue weighted by atomic mass is 14.9. The number of rotatable bonds is 2. The molecule has 4 atom stereocenters. The molecule has 0 spiro atoms. The Bertz CT molecular complexity index is 1580. The van der Waals surface area contributed by atoms with Gasteiger partial charge in [0.15, 0.2) is 0 Å². The molecule has 0 heterocycles. The number of hydrogen-bond donors (Lipinski definition) is 0. The Morgan fingerprint density at radius 2 is 1.35 bits per heavy atom. The average Bonchev–Trinajstić information content (AvgIpc) is 2.94. The maximum absolute atomic E-state index is 10.6. The first-order valence-corrected chi connectivity index (χ1v) is 6.58. The van der Waals surface area contributed by atoms with Gasteiger partial charge in [0.1, 0.15) is 0 Å². The molecule has 4 aliphatic carbocycles. The number of allylic oxidation sites excluding steroid dienone is 4. The van der Waals surface area contributed by atoms with Crippen LogP contribution in [0.15, 0.2) is 23.3 Å². The van der Waals surface area contributed by atoms with Gasteiger partial charge < -0.3 is 5.53 Å². The van der Waals surface area contributed by atoms with Crippen LogP contribution in [-0.4, -0.2) is 10.5 Å². The molecular formula is C21H30N2. The van der Waals surface area contributed by atoms with E-state index in [1.807, 2.05) is 0 Å². The van der Waals surface area contributed by atoms with Crippen LogP contribution in [0.3, 0.4) is 0 Å². The fourth-order valence-electron chi connectivity index (χ4n) is 2.33. The van der Waals surface area contributed by atoms with E-state index in [2.05, 4.69) is 4.79 Å². The molecule has 0 N–H and O–H groups in total. The molecule has 4 aliphatic rings. The molecule has 0 aliphatic heterocycles. The van der Waals surface area contributed by atoms with Gasteiger partial charge in [-0.3, -0.25) is 0 Å². The van der Waals surface area contributed by atoms with E-state index in [1.54, 1.807) is 0 Å². The van der Waals surface area contributed by atoms with Crippen LogP contribution in [0.2, 0.25) is 0 Å². The summed E-state index contributed by atoms with van der Waals surface area (Å²) in [6, 6.07) is 0. The first-order valence-electron chi connectivity index (χ1n) is 20.6. The molecule has 4 unspecified atom stereocenters. The van der Waals surface area contributed by atoms with Crippen molar-refractivity contribution in [3.63, 3.8) is 0 Å². The lowest BCUT2D eigenvalue weighted by Gasteiger charge is -2.38. The molecule has 4 rings (SSSR count). The van der Waals surface area contributed by atoms with Crippen LogP contribution in [0.4, 0.5) is 0 Å². The molecule has 23 heavy (non-hydrogen) atoms. The summed E-state index contributed by atoms with van der Waals surface area (Å²) in [5, 5.41) is 0. The van der Waals surface area contributed by atoms with Crippen LogP contribution in [0.1, 0.15) is 115 Å². The smallest absolute Gasteiger partial charge is 0.282 e. The van der Waals surface area contributed by atoms with Crippen molar-refractivity contribution in [2.75, 3.05) is 0 Å². The van der Waals surface area contributed by atoms with Crippen LogP contribution < -0.4 is 0 Å². The van der Waals surface area contributed by atoms with E-state index in [4.69, 9.17) is 35.6 Å². The van der Waals surface area contributed by atoms with Crippen LogP contribution >= 0.6 is 0 Å². The number of hydrogen-bond acceptors (Lipinski definition) is 0. The third-order valence-corrected chi connectivity index (χ3v) is 3.35. The fourth-order valence-corrected chi connectivity index (χ4v) is 2.33. The quantitative estimate of drug-likeness (QED) is 0.267. The Morgan fingerprint density at radius 1 is 0.870 bits per heavy atom. The third kappa shape index (κ3) is 2.87. The second-order valence-corrected chi connectivity index (χ2v) is 4.60. The Morgan fingerprint density at radius 3 is 1.83 bits per heavy atom. The van der Waals surface area contributed by atoms with Crippen molar-refractivity contribution in [2.24, 2.45) is 23.6 Å². The highest BCUT2D eigenvalue weighted by Gasteiger charge is 2.43. The molecule has 0 amide bonds. The van der Waals surface area contributed by atoms with Crippen molar-refractivity contribution in [1.29, 1.82) is 0 Å². The van der Waals surface area contributed by atoms with E-state index in [0.717, 1.165) is 0 Å². The fraction of sp³-hybridized carbons (Fsp3) is 0.762. The Kier molecular flexibility index (Phi) is 1.00. The minimum Gasteiger partial charge on any atom is -0.362 e. The molecule has 0 aromatic carbocycles. The largest absolute Gasteiger partial charge is 0.362 e. The number of nitrogens with zero attached hydrogens (tertiary/aromatic N) is 2. The summed E-state index contributed by atoms with van der Waals surface area (Å²) in [6.07, 6.45) is -51.9. The highest BCUT2D eigenvalue weighted by molar-refractivity contribution is 5.89. The van der Waals surface area contributed by atoms with Crippen molar-refractivity contribution in [2.45, 2.75) is 76.5 Å². The van der Waals surface area contributed by atoms with Gasteiger partial charge in [-0.25, -0.2) is 0 Å². The van der Waals surface area contributed by atoms with E-state index in [1.165, 1.54) is 0 Å². The average molecular weight is 339 g/mol. The molecule has 2 nitrogen and oxygen atoms in total. The normalized spacial score (nSPS) is 93.9. The van der Waals surface area contributed by atoms with Crippen LogP contribution in [0, 0.1) is 23.6 Å². The molecule has 0 radical (unpaired) electrons. The van der Waals surface area contributed by atoms with Gasteiger partial charge >= 0.3 is 0 Å². The summed E-state index contributed by atoms with van der Waals surface area (Å²) in [5.41, 5.74) is 4.17. The summed E-state index contributed by atoms with van der Waals surface area (Å²) in [4.78, 5) is 2.56. The molecular weight excluding hydrogens is 280 g/mol. The SMILES string of the molecule is [2H]C1([2H])C=C2C([2H])(C(=[N+]=[N-])C3([2H])C4=CC([2H])([2H])C([2H])([2H])C([2H])([2H])C4([2H])C([2H])([2H])C([2H])([2H])C3([2H])[2H])C([2H])([2H])C([2H])([2H])C([2H])([2H])C2([2H])C([2H])([2H])C1([2H])[2H]. The molecule has 0 bridgehead atoms. The summed E-state index contributed by atoms with van der Waals surface area (Å²) < 4.78 is 241. The predicted octanol–water partition coefficient (Wildman–Crippen LogP) is 5.71. The summed E-state index contributed by atoms with van der Waals surface area (Å²) in [7, 11) is 0. The van der Waals surface area contributed by atoms with Gasteiger partial charge in [0.05, 0.1) is 11.8 Å². The van der Waals surface area contributed by atoms with Gasteiger partial charge in [0, 0.05) is 38.4 Å². The van der Waals surface area contributed by atoms with Crippen molar-refractivity contribution in [1.82, 2.24) is 0 Å². The van der Waals surface area contributed by atoms with Gasteiger partial charge in [-0.05, 0) is 75.5 Å². The van der Waals surface area contributed by atoms with E-state index < -0.39 is 117 Å². The Labute approximate surface area is 180 Å². The summed E-state index contributed by atoms with van der Waals surface area (Å²) in [6.45, 7) is 0. The van der Waals surface area contributed by atoms with Gasteiger partial charge in [0.25, 0.3) is 5.71 Å². The maximum atomic E-state index is 10.6. The van der Waals surface area contributed by atoms with Gasteiger partial charge in [-0.2, -0.15) is 4.79 Å². The number of fused-ring (bicyclic) bond motifs is 2. The van der Waals surface area contributed by atoms with Gasteiger partial charge in [0.2, 0.25) is 0 Å². The zero-order valence-corrected chi connectivity index (χ0v) is 11.5. The lowest BCUT2D eigenvalue weighted by molar-refractivity contribution is -0.0213. The van der Waals surface area contributed by atoms with Crippen molar-refractivity contribution in [3.05, 3.63) is 28.8 Å². The van der Waals surface area contributed by atoms with Crippen molar-refractivity contribution in [3.8, 4) is 0 Å². The Hall–Kier alpha value is -1.14. The van der Waals surface area contributed by atoms with Crippen LogP contribution in [0.5, 0.6) is 0 Å². The highest BCUT2D eigenvalue weighted by Crippen LogP contribution is 2.46. The third-order valence-electron chi connectivity index (χ3n) is 3.35. The maximum Gasteiger partial charge on any atom is 0.282 e. The van der Waals surface area contributed by atoms with E-state index in [-0.39, 0.29) is 12.2 Å². The van der Waals surface area contributed by atoms with Crippen molar-refractivity contribution >= 4 is 5.71 Å². The lowest BCUT2D eigenvalue weighted by atomic mass is 9.64. The molecule has 2 fully saturated rings. The monoisotopic (exact) mass is 338 g/mol. The zero-order valence-electron chi connectivity index (χ0n) is 39.5. The summed E-state index contributed by atoms with van der Waals surface area (Å²) >= 11 is 0. The van der Waals surface area contributed by atoms with E-state index in [0.29, 0.717) is 0 Å². The van der Waals surface area contributed by atoms with Gasteiger partial charge in [-0.15, -0.1) is 0 Å². The van der Waals surface area contributed by atoms with Crippen LogP contribution in [-0.2, 0) is 0 Å². The first-order chi connectivity index (χ1) is 21.9. The lowest BCUT2D eigenvalue weighted by Crippen LogP contribution is -2.36. The molecule has 0 aromatic rings. The van der Waals surface area contributed by atoms with Gasteiger partial charge in [-0.1, -0.05) is 36.0 Å². The first kappa shape index (κ1) is 3.40. The minimum absolute atomic E-state index is 0.236. The second kappa shape index (κ2) is 6.77. The summed E-state index contributed by atoms with van der Waals surface area (Å²) in [5.74, 6) is -17.9. The molecule has 0 aromatic heterocycles. The Balaban J connectivity index is 2.39. The molecule has 0 saturated heterocycles. The van der Waals surface area contributed by atoms with E-state index in [9.17, 15) is 8.27 Å². The second-order valence-electron chi connectivity index (χ2n) is 4.60. The molecule has 2 saturated carbocycles. The standard InChI is InChI=1S/C21H30N2/c22-23-21(19-13-5-9-15-7-1-3-11-17(15)19)20-14-6-10-16-8-2-4-12-18(16)20/h11-12,15-16,19-20H,1-10,13-14H2/i1D2,2D2,3D2,4D2,5D2,6D2,7D2,8D2,9D2,10D2,13D2,14D2,15D,16D,19D,20D. The van der Waals surface area contributed by atoms with Crippen molar-refractivity contribution < 1.29 is 43.2 Å². The minimum atomic E-state index is -4.59. The predicted molar refractivity (Wildman–Crippen MR) is 94.2 cm³/mol.